The van der Waals surface area contributed by atoms with Crippen LogP contribution in [0.3, 0.4) is 0 Å². The van der Waals surface area contributed by atoms with Crippen molar-refractivity contribution in [1.29, 1.82) is 0 Å². The van der Waals surface area contributed by atoms with E-state index in [0.717, 1.165) is 32.4 Å². The quantitative estimate of drug-likeness (QED) is 0.926. The largest absolute Gasteiger partial charge is 0.493 e. The number of rotatable bonds is 4. The van der Waals surface area contributed by atoms with Crippen LogP contribution in [0.4, 0.5) is 10.5 Å². The molecule has 1 atom stereocenters. The summed E-state index contributed by atoms with van der Waals surface area (Å²) >= 11 is 0. The number of nitrogens with zero attached hydrogens (tertiary/aromatic N) is 2. The number of ether oxygens (including phenoxy) is 2. The van der Waals surface area contributed by atoms with Gasteiger partial charge in [0.15, 0.2) is 11.5 Å². The van der Waals surface area contributed by atoms with Gasteiger partial charge in [-0.2, -0.15) is 0 Å². The van der Waals surface area contributed by atoms with Crippen LogP contribution in [0.25, 0.3) is 0 Å². The first-order valence-electron chi connectivity index (χ1n) is 7.99. The van der Waals surface area contributed by atoms with Crippen LogP contribution >= 0.6 is 0 Å². The number of nitrogens with one attached hydrogen (secondary N) is 1. The Balaban J connectivity index is 2.05. The van der Waals surface area contributed by atoms with Gasteiger partial charge in [0.2, 0.25) is 0 Å². The second-order valence-electron chi connectivity index (χ2n) is 6.06. The molecule has 1 aliphatic rings. The van der Waals surface area contributed by atoms with Gasteiger partial charge in [-0.15, -0.1) is 0 Å². The maximum atomic E-state index is 12.6. The fraction of sp³-hybridized carbons (Fsp3) is 0.588. The fourth-order valence-electron chi connectivity index (χ4n) is 2.84. The maximum absolute atomic E-state index is 12.6. The number of anilines is 1. The zero-order valence-electron chi connectivity index (χ0n) is 14.5. The molecule has 23 heavy (non-hydrogen) atoms. The van der Waals surface area contributed by atoms with Crippen LogP contribution in [0.5, 0.6) is 11.5 Å². The number of urea groups is 1. The summed E-state index contributed by atoms with van der Waals surface area (Å²) in [7, 11) is 7.31. The van der Waals surface area contributed by atoms with E-state index in [2.05, 4.69) is 24.3 Å². The number of carbonyl (C=O) groups excluding carboxylic acids is 1. The summed E-state index contributed by atoms with van der Waals surface area (Å²) < 4.78 is 10.5. The van der Waals surface area contributed by atoms with Crippen LogP contribution in [0, 0.1) is 0 Å². The number of likely N-dealkylation sites (N-methyl/N-ethyl adjacent to an activating group) is 1. The van der Waals surface area contributed by atoms with Gasteiger partial charge in [0, 0.05) is 30.9 Å². The molecule has 1 aliphatic heterocycles. The Morgan fingerprint density at radius 1 is 1.22 bits per heavy atom. The van der Waals surface area contributed by atoms with Gasteiger partial charge in [0.1, 0.15) is 0 Å². The van der Waals surface area contributed by atoms with Crippen molar-refractivity contribution in [3.05, 3.63) is 18.2 Å². The predicted molar refractivity (Wildman–Crippen MR) is 91.5 cm³/mol. The third kappa shape index (κ3) is 4.51. The summed E-state index contributed by atoms with van der Waals surface area (Å²) in [5, 5.41) is 2.96. The summed E-state index contributed by atoms with van der Waals surface area (Å²) in [5.74, 6) is 1.25. The van der Waals surface area contributed by atoms with Crippen LogP contribution in [0.2, 0.25) is 0 Å². The summed E-state index contributed by atoms with van der Waals surface area (Å²) in [6, 6.07) is 5.73. The molecule has 1 aromatic carbocycles. The summed E-state index contributed by atoms with van der Waals surface area (Å²) in [6.45, 7) is 1.55. The SMILES string of the molecule is COc1ccc(NC(=O)N2CCCC[C@H](N(C)C)C2)cc1OC. The highest BCUT2D eigenvalue weighted by molar-refractivity contribution is 5.89. The molecule has 0 aliphatic carbocycles. The van der Waals surface area contributed by atoms with Crippen molar-refractivity contribution < 1.29 is 14.3 Å². The van der Waals surface area contributed by atoms with Gasteiger partial charge in [0.05, 0.1) is 14.2 Å². The Hall–Kier alpha value is -1.95. The molecule has 0 bridgehead atoms. The first-order valence-corrected chi connectivity index (χ1v) is 7.99. The molecule has 1 aromatic rings. The zero-order valence-corrected chi connectivity index (χ0v) is 14.5. The van der Waals surface area contributed by atoms with E-state index in [1.165, 1.54) is 0 Å². The minimum absolute atomic E-state index is 0.0639. The van der Waals surface area contributed by atoms with Crippen LogP contribution in [-0.4, -0.2) is 63.3 Å². The highest BCUT2D eigenvalue weighted by Gasteiger charge is 2.23. The normalized spacial score (nSPS) is 18.5. The Morgan fingerprint density at radius 3 is 2.61 bits per heavy atom. The van der Waals surface area contributed by atoms with Crippen molar-refractivity contribution in [1.82, 2.24) is 9.80 Å². The molecule has 0 aromatic heterocycles. The third-order valence-corrected chi connectivity index (χ3v) is 4.30. The highest BCUT2D eigenvalue weighted by Crippen LogP contribution is 2.30. The van der Waals surface area contributed by atoms with Crippen molar-refractivity contribution in [2.45, 2.75) is 25.3 Å². The molecule has 0 radical (unpaired) electrons. The molecule has 0 unspecified atom stereocenters. The molecule has 0 spiro atoms. The van der Waals surface area contributed by atoms with E-state index in [-0.39, 0.29) is 6.03 Å². The van der Waals surface area contributed by atoms with Crippen molar-refractivity contribution in [2.24, 2.45) is 0 Å². The van der Waals surface area contributed by atoms with E-state index >= 15 is 0 Å². The lowest BCUT2D eigenvalue weighted by Gasteiger charge is -2.28. The van der Waals surface area contributed by atoms with Crippen molar-refractivity contribution in [3.8, 4) is 11.5 Å². The van der Waals surface area contributed by atoms with Gasteiger partial charge in [-0.1, -0.05) is 6.42 Å². The van der Waals surface area contributed by atoms with E-state index in [4.69, 9.17) is 9.47 Å². The Morgan fingerprint density at radius 2 is 1.96 bits per heavy atom. The summed E-state index contributed by atoms with van der Waals surface area (Å²) in [4.78, 5) is 16.7. The van der Waals surface area contributed by atoms with Gasteiger partial charge in [-0.05, 0) is 39.1 Å². The number of amides is 2. The lowest BCUT2D eigenvalue weighted by atomic mass is 10.1. The summed E-state index contributed by atoms with van der Waals surface area (Å²) in [6.07, 6.45) is 3.33. The zero-order chi connectivity index (χ0) is 16.8. The van der Waals surface area contributed by atoms with Crippen molar-refractivity contribution in [3.63, 3.8) is 0 Å². The van der Waals surface area contributed by atoms with Gasteiger partial charge < -0.3 is 24.6 Å². The highest BCUT2D eigenvalue weighted by atomic mass is 16.5. The minimum Gasteiger partial charge on any atom is -0.493 e. The van der Waals surface area contributed by atoms with E-state index in [9.17, 15) is 4.79 Å². The van der Waals surface area contributed by atoms with Crippen LogP contribution in [-0.2, 0) is 0 Å². The van der Waals surface area contributed by atoms with Crippen LogP contribution in [0.1, 0.15) is 19.3 Å². The summed E-state index contributed by atoms with van der Waals surface area (Å²) in [5.41, 5.74) is 0.707. The minimum atomic E-state index is -0.0639. The Labute approximate surface area is 138 Å². The number of likely N-dealkylation sites (tertiary alicyclic amines) is 1. The van der Waals surface area contributed by atoms with E-state index in [1.54, 1.807) is 26.4 Å². The monoisotopic (exact) mass is 321 g/mol. The molecular weight excluding hydrogens is 294 g/mol. The average Bonchev–Trinajstić information content (AvgIpc) is 2.81. The van der Waals surface area contributed by atoms with E-state index in [0.29, 0.717) is 23.2 Å². The molecule has 1 saturated heterocycles. The topological polar surface area (TPSA) is 54.0 Å². The molecule has 6 heteroatoms. The fourth-order valence-corrected chi connectivity index (χ4v) is 2.84. The van der Waals surface area contributed by atoms with E-state index in [1.807, 2.05) is 11.0 Å². The van der Waals surface area contributed by atoms with Gasteiger partial charge in [-0.3, -0.25) is 0 Å². The first-order chi connectivity index (χ1) is 11.0. The maximum Gasteiger partial charge on any atom is 0.321 e. The molecule has 1 heterocycles. The van der Waals surface area contributed by atoms with Crippen LogP contribution in [0.15, 0.2) is 18.2 Å². The molecule has 1 fully saturated rings. The molecule has 6 nitrogen and oxygen atoms in total. The van der Waals surface area contributed by atoms with Crippen LogP contribution < -0.4 is 14.8 Å². The molecule has 2 amide bonds. The molecule has 0 saturated carbocycles. The number of benzene rings is 1. The number of hydrogen-bond acceptors (Lipinski definition) is 4. The smallest absolute Gasteiger partial charge is 0.321 e. The van der Waals surface area contributed by atoms with Gasteiger partial charge in [-0.25, -0.2) is 4.79 Å². The third-order valence-electron chi connectivity index (χ3n) is 4.30. The first kappa shape index (κ1) is 17.4. The Bertz CT molecular complexity index is 534. The predicted octanol–water partition coefficient (Wildman–Crippen LogP) is 2.65. The number of methoxy groups -OCH3 is 2. The van der Waals surface area contributed by atoms with Crippen molar-refractivity contribution in [2.75, 3.05) is 46.7 Å². The van der Waals surface area contributed by atoms with Crippen molar-refractivity contribution >= 4 is 11.7 Å². The second-order valence-corrected chi connectivity index (χ2v) is 6.06. The lowest BCUT2D eigenvalue weighted by Crippen LogP contribution is -2.43. The average molecular weight is 321 g/mol. The molecular formula is C17H27N3O3. The Kier molecular flexibility index (Phi) is 6.10. The molecule has 1 N–H and O–H groups in total. The molecule has 128 valence electrons. The second kappa shape index (κ2) is 8.06. The lowest BCUT2D eigenvalue weighted by molar-refractivity contribution is 0.189. The van der Waals surface area contributed by atoms with Gasteiger partial charge in [0.25, 0.3) is 0 Å². The molecule has 2 rings (SSSR count). The number of carbonyl (C=O) groups is 1. The number of hydrogen-bond donors (Lipinski definition) is 1. The van der Waals surface area contributed by atoms with Gasteiger partial charge >= 0.3 is 6.03 Å². The van der Waals surface area contributed by atoms with E-state index < -0.39 is 0 Å². The standard InChI is InChI=1S/C17H27N3O3/c1-19(2)14-7-5-6-10-20(12-14)17(21)18-13-8-9-15(22-3)16(11-13)23-4/h8-9,11,14H,5-7,10,12H2,1-4H3,(H,18,21)/t14-/m0/s1.